The van der Waals surface area contributed by atoms with E-state index in [1.165, 1.54) is 5.56 Å². The van der Waals surface area contributed by atoms with Gasteiger partial charge in [-0.3, -0.25) is 4.98 Å². The number of carboxylic acids is 1. The quantitative estimate of drug-likeness (QED) is 0.517. The third kappa shape index (κ3) is 4.49. The molecule has 7 nitrogen and oxygen atoms in total. The Bertz CT molecular complexity index is 1160. The van der Waals surface area contributed by atoms with Crippen LogP contribution in [0.2, 0.25) is 0 Å². The van der Waals surface area contributed by atoms with Crippen LogP contribution in [0.1, 0.15) is 45.1 Å². The maximum atomic E-state index is 11.3. The Morgan fingerprint density at radius 3 is 2.52 bits per heavy atom. The highest BCUT2D eigenvalue weighted by molar-refractivity contribution is 7.80. The van der Waals surface area contributed by atoms with Gasteiger partial charge in [0.25, 0.3) is 0 Å². The molecule has 0 radical (unpaired) electrons. The number of nitrogens with zero attached hydrogens (tertiary/aromatic N) is 4. The number of hydrogen-bond acceptors (Lipinski definition) is 4. The smallest absolute Gasteiger partial charge is 0.335 e. The molecule has 3 heterocycles. The number of nitrogens with one attached hydrogen (secondary N) is 1. The molecular formula is C25H29N5O2S. The summed E-state index contributed by atoms with van der Waals surface area (Å²) in [7, 11) is 4.12. The fraction of sp³-hybridized carbons (Fsp3) is 0.320. The maximum absolute atomic E-state index is 11.3. The molecule has 1 aliphatic rings. The first-order valence-corrected chi connectivity index (χ1v) is 11.3. The molecule has 0 unspecified atom stereocenters. The van der Waals surface area contributed by atoms with Crippen LogP contribution >= 0.6 is 12.2 Å². The lowest BCUT2D eigenvalue weighted by Gasteiger charge is -2.29. The lowest BCUT2D eigenvalue weighted by atomic mass is 9.96. The number of carboxylic acid groups (broad SMARTS) is 1. The molecule has 1 fully saturated rings. The summed E-state index contributed by atoms with van der Waals surface area (Å²) in [6, 6.07) is 15.1. The Labute approximate surface area is 199 Å². The zero-order valence-corrected chi connectivity index (χ0v) is 20.1. The molecule has 2 N–H and O–H groups in total. The molecule has 8 heteroatoms. The van der Waals surface area contributed by atoms with E-state index in [2.05, 4.69) is 58.7 Å². The van der Waals surface area contributed by atoms with Gasteiger partial charge in [-0.15, -0.1) is 0 Å². The second kappa shape index (κ2) is 9.33. The van der Waals surface area contributed by atoms with Crippen molar-refractivity contribution in [3.05, 3.63) is 82.9 Å². The topological polar surface area (TPSA) is 73.6 Å². The van der Waals surface area contributed by atoms with E-state index in [1.54, 1.807) is 12.1 Å². The monoisotopic (exact) mass is 463 g/mol. The van der Waals surface area contributed by atoms with Gasteiger partial charge in [-0.1, -0.05) is 6.07 Å². The molecule has 33 heavy (non-hydrogen) atoms. The predicted octanol–water partition coefficient (Wildman–Crippen LogP) is 3.72. The molecule has 3 aromatic rings. The number of rotatable bonds is 7. The molecule has 2 atom stereocenters. The van der Waals surface area contributed by atoms with Gasteiger partial charge in [0, 0.05) is 36.4 Å². The van der Waals surface area contributed by atoms with Crippen molar-refractivity contribution in [2.24, 2.45) is 0 Å². The molecule has 0 saturated carbocycles. The van der Waals surface area contributed by atoms with Crippen LogP contribution in [0.15, 0.2) is 54.7 Å². The second-order valence-electron chi connectivity index (χ2n) is 8.64. The summed E-state index contributed by atoms with van der Waals surface area (Å²) in [4.78, 5) is 20.3. The molecule has 0 bridgehead atoms. The average Bonchev–Trinajstić information content (AvgIpc) is 3.27. The van der Waals surface area contributed by atoms with Crippen LogP contribution in [-0.2, 0) is 0 Å². The first-order valence-electron chi connectivity index (χ1n) is 10.9. The van der Waals surface area contributed by atoms with Crippen LogP contribution in [0.4, 0.5) is 0 Å². The van der Waals surface area contributed by atoms with Gasteiger partial charge in [-0.2, -0.15) is 0 Å². The number of carbonyl (C=O) groups is 1. The summed E-state index contributed by atoms with van der Waals surface area (Å²) in [6.45, 7) is 5.85. The first kappa shape index (κ1) is 22.9. The van der Waals surface area contributed by atoms with Crippen LogP contribution in [0.3, 0.4) is 0 Å². The normalized spacial score (nSPS) is 18.1. The third-order valence-electron chi connectivity index (χ3n) is 6.15. The van der Waals surface area contributed by atoms with E-state index in [4.69, 9.17) is 12.2 Å². The first-order chi connectivity index (χ1) is 15.8. The molecule has 1 aliphatic heterocycles. The Hall–Kier alpha value is -3.23. The van der Waals surface area contributed by atoms with E-state index >= 15 is 0 Å². The van der Waals surface area contributed by atoms with Gasteiger partial charge in [0.1, 0.15) is 0 Å². The zero-order chi connectivity index (χ0) is 23.7. The largest absolute Gasteiger partial charge is 0.478 e. The van der Waals surface area contributed by atoms with E-state index in [-0.39, 0.29) is 17.6 Å². The van der Waals surface area contributed by atoms with Gasteiger partial charge >= 0.3 is 5.97 Å². The highest BCUT2D eigenvalue weighted by Crippen LogP contribution is 2.41. The minimum atomic E-state index is -0.927. The molecule has 0 aliphatic carbocycles. The SMILES string of the molecule is Cc1cc([C@H]2[C@H](c3ccccn3)NC(=S)N2CCN(C)C)c(C)n1-c1ccc(C(=O)O)cc1. The molecule has 2 aromatic heterocycles. The molecule has 172 valence electrons. The van der Waals surface area contributed by atoms with Gasteiger partial charge in [-0.05, 0) is 88.2 Å². The Balaban J connectivity index is 1.78. The number of hydrogen-bond donors (Lipinski definition) is 2. The van der Waals surface area contributed by atoms with Gasteiger partial charge in [0.2, 0.25) is 0 Å². The van der Waals surface area contributed by atoms with Crippen LogP contribution in [0, 0.1) is 13.8 Å². The highest BCUT2D eigenvalue weighted by atomic mass is 32.1. The average molecular weight is 464 g/mol. The van der Waals surface area contributed by atoms with Crippen molar-refractivity contribution in [3.8, 4) is 5.69 Å². The van der Waals surface area contributed by atoms with Gasteiger partial charge in [0.15, 0.2) is 5.11 Å². The Morgan fingerprint density at radius 1 is 1.18 bits per heavy atom. The fourth-order valence-corrected chi connectivity index (χ4v) is 4.86. The van der Waals surface area contributed by atoms with Crippen LogP contribution in [-0.4, -0.2) is 62.7 Å². The van der Waals surface area contributed by atoms with Crippen LogP contribution in [0.25, 0.3) is 5.69 Å². The van der Waals surface area contributed by atoms with Crippen LogP contribution in [0.5, 0.6) is 0 Å². The van der Waals surface area contributed by atoms with Gasteiger partial charge < -0.3 is 24.8 Å². The van der Waals surface area contributed by atoms with Gasteiger partial charge in [0.05, 0.1) is 23.3 Å². The zero-order valence-electron chi connectivity index (χ0n) is 19.3. The van der Waals surface area contributed by atoms with E-state index in [9.17, 15) is 9.90 Å². The summed E-state index contributed by atoms with van der Waals surface area (Å²) in [5.41, 5.74) is 5.52. The lowest BCUT2D eigenvalue weighted by molar-refractivity contribution is 0.0697. The fourth-order valence-electron chi connectivity index (χ4n) is 4.53. The number of pyridine rings is 1. The predicted molar refractivity (Wildman–Crippen MR) is 133 cm³/mol. The summed E-state index contributed by atoms with van der Waals surface area (Å²) in [5, 5.41) is 13.5. The van der Waals surface area contributed by atoms with Crippen molar-refractivity contribution in [3.63, 3.8) is 0 Å². The molecular weight excluding hydrogens is 434 g/mol. The van der Waals surface area contributed by atoms with Crippen molar-refractivity contribution in [1.29, 1.82) is 0 Å². The minimum Gasteiger partial charge on any atom is -0.478 e. The standard InChI is InChI=1S/C25H29N5O2S/c1-16-15-20(17(2)30(16)19-10-8-18(9-11-19)24(31)32)23-22(21-7-5-6-12-26-21)27-25(33)29(23)14-13-28(3)4/h5-12,15,22-23H,13-14H2,1-4H3,(H,27,33)(H,31,32)/t22-,23-/m0/s1. The molecule has 0 spiro atoms. The van der Waals surface area contributed by atoms with Gasteiger partial charge in [-0.25, -0.2) is 4.79 Å². The summed E-state index contributed by atoms with van der Waals surface area (Å²) in [5.74, 6) is -0.927. The number of benzene rings is 1. The van der Waals surface area contributed by atoms with Crippen LogP contribution < -0.4 is 5.32 Å². The number of aryl methyl sites for hydroxylation is 1. The summed E-state index contributed by atoms with van der Waals surface area (Å²) in [6.07, 6.45) is 1.81. The lowest BCUT2D eigenvalue weighted by Crippen LogP contribution is -2.35. The molecule has 0 amide bonds. The van der Waals surface area contributed by atoms with E-state index in [0.29, 0.717) is 0 Å². The summed E-state index contributed by atoms with van der Waals surface area (Å²) >= 11 is 5.77. The third-order valence-corrected chi connectivity index (χ3v) is 6.50. The highest BCUT2D eigenvalue weighted by Gasteiger charge is 2.41. The molecule has 4 rings (SSSR count). The maximum Gasteiger partial charge on any atom is 0.335 e. The molecule has 1 saturated heterocycles. The number of aromatic nitrogens is 2. The van der Waals surface area contributed by atoms with Crippen molar-refractivity contribution >= 4 is 23.3 Å². The Morgan fingerprint density at radius 2 is 1.91 bits per heavy atom. The number of likely N-dealkylation sites (N-methyl/N-ethyl adjacent to an activating group) is 1. The number of thiocarbonyl (C=S) groups is 1. The Kier molecular flexibility index (Phi) is 6.49. The summed E-state index contributed by atoms with van der Waals surface area (Å²) < 4.78 is 2.17. The van der Waals surface area contributed by atoms with E-state index in [1.807, 2.05) is 36.5 Å². The van der Waals surface area contributed by atoms with E-state index in [0.717, 1.165) is 41.0 Å². The van der Waals surface area contributed by atoms with E-state index < -0.39 is 5.97 Å². The van der Waals surface area contributed by atoms with Crippen molar-refractivity contribution in [2.45, 2.75) is 25.9 Å². The number of aromatic carboxylic acids is 1. The minimum absolute atomic E-state index is 0.00871. The molecule has 1 aromatic carbocycles. The second-order valence-corrected chi connectivity index (χ2v) is 9.02. The van der Waals surface area contributed by atoms with Crippen molar-refractivity contribution in [2.75, 3.05) is 27.2 Å². The van der Waals surface area contributed by atoms with Crippen molar-refractivity contribution < 1.29 is 9.90 Å². The van der Waals surface area contributed by atoms with Crippen molar-refractivity contribution in [1.82, 2.24) is 24.7 Å².